The van der Waals surface area contributed by atoms with Gasteiger partial charge >= 0.3 is 0 Å². The predicted molar refractivity (Wildman–Crippen MR) is 60.5 cm³/mol. The van der Waals surface area contributed by atoms with Gasteiger partial charge in [-0.3, -0.25) is 0 Å². The fraction of sp³-hybridized carbons (Fsp3) is 0.917. The maximum Gasteiger partial charge on any atom is 0.109 e. The summed E-state index contributed by atoms with van der Waals surface area (Å²) >= 11 is 0. The molecule has 1 fully saturated rings. The second-order valence-electron chi connectivity index (χ2n) is 4.39. The second kappa shape index (κ2) is 6.09. The molecule has 1 saturated carbocycles. The largest absolute Gasteiger partial charge is 0.378 e. The van der Waals surface area contributed by atoms with Crippen molar-refractivity contribution in [2.45, 2.75) is 57.1 Å². The average molecular weight is 210 g/mol. The summed E-state index contributed by atoms with van der Waals surface area (Å²) in [6.45, 7) is 3.00. The van der Waals surface area contributed by atoms with Crippen molar-refractivity contribution in [1.82, 2.24) is 5.32 Å². The lowest BCUT2D eigenvalue weighted by atomic mass is 9.81. The molecule has 0 amide bonds. The number of nitriles is 1. The molecule has 86 valence electrons. The lowest BCUT2D eigenvalue weighted by Crippen LogP contribution is -2.47. The van der Waals surface area contributed by atoms with E-state index in [0.717, 1.165) is 38.7 Å². The zero-order valence-electron chi connectivity index (χ0n) is 9.88. The summed E-state index contributed by atoms with van der Waals surface area (Å²) in [5, 5.41) is 12.3. The monoisotopic (exact) mass is 210 g/mol. The summed E-state index contributed by atoms with van der Waals surface area (Å²) in [4.78, 5) is 0. The van der Waals surface area contributed by atoms with E-state index in [0.29, 0.717) is 0 Å². The molecule has 0 saturated heterocycles. The van der Waals surface area contributed by atoms with Gasteiger partial charge in [0.1, 0.15) is 5.54 Å². The van der Waals surface area contributed by atoms with Gasteiger partial charge in [0.05, 0.1) is 12.2 Å². The van der Waals surface area contributed by atoms with E-state index in [4.69, 9.17) is 10.00 Å². The first-order chi connectivity index (χ1) is 7.26. The van der Waals surface area contributed by atoms with Gasteiger partial charge in [-0.05, 0) is 32.7 Å². The third-order valence-corrected chi connectivity index (χ3v) is 3.25. The molecule has 0 aromatic heterocycles. The van der Waals surface area contributed by atoms with Crippen molar-refractivity contribution in [2.75, 3.05) is 13.7 Å². The summed E-state index contributed by atoms with van der Waals surface area (Å²) in [5.41, 5.74) is -0.338. The summed E-state index contributed by atoms with van der Waals surface area (Å²) in [5.74, 6) is 0. The van der Waals surface area contributed by atoms with Crippen LogP contribution >= 0.6 is 0 Å². The number of hydrogen-bond donors (Lipinski definition) is 1. The molecule has 1 rings (SSSR count). The Kier molecular flexibility index (Phi) is 5.07. The van der Waals surface area contributed by atoms with E-state index in [1.54, 1.807) is 0 Å². The van der Waals surface area contributed by atoms with Crippen LogP contribution in [0.3, 0.4) is 0 Å². The topological polar surface area (TPSA) is 45.0 Å². The normalized spacial score (nSPS) is 31.1. The molecule has 0 aromatic carbocycles. The van der Waals surface area contributed by atoms with Gasteiger partial charge in [0.2, 0.25) is 0 Å². The fourth-order valence-electron chi connectivity index (χ4n) is 2.15. The molecule has 2 unspecified atom stereocenters. The highest BCUT2D eigenvalue weighted by molar-refractivity contribution is 5.09. The van der Waals surface area contributed by atoms with Crippen LogP contribution in [0.25, 0.3) is 0 Å². The van der Waals surface area contributed by atoms with Crippen LogP contribution < -0.4 is 5.32 Å². The highest BCUT2D eigenvalue weighted by Gasteiger charge is 2.35. The van der Waals surface area contributed by atoms with Crippen LogP contribution in [0.1, 0.15) is 45.4 Å². The molecular formula is C12H22N2O. The SMILES string of the molecule is CCCCOC1CCCC(C#N)(NC)C1. The van der Waals surface area contributed by atoms with Crippen molar-refractivity contribution in [2.24, 2.45) is 0 Å². The van der Waals surface area contributed by atoms with Crippen LogP contribution in [0, 0.1) is 11.3 Å². The van der Waals surface area contributed by atoms with Crippen molar-refractivity contribution in [3.8, 4) is 6.07 Å². The van der Waals surface area contributed by atoms with E-state index in [2.05, 4.69) is 18.3 Å². The maximum absolute atomic E-state index is 9.16. The highest BCUT2D eigenvalue weighted by atomic mass is 16.5. The van der Waals surface area contributed by atoms with Crippen molar-refractivity contribution < 1.29 is 4.74 Å². The molecule has 1 aliphatic carbocycles. The van der Waals surface area contributed by atoms with Gasteiger partial charge in [0.25, 0.3) is 0 Å². The third kappa shape index (κ3) is 3.48. The highest BCUT2D eigenvalue weighted by Crippen LogP contribution is 2.29. The van der Waals surface area contributed by atoms with E-state index >= 15 is 0 Å². The van der Waals surface area contributed by atoms with Gasteiger partial charge in [0.15, 0.2) is 0 Å². The molecule has 3 nitrogen and oxygen atoms in total. The Morgan fingerprint density at radius 2 is 2.40 bits per heavy atom. The van der Waals surface area contributed by atoms with Gasteiger partial charge in [-0.25, -0.2) is 0 Å². The molecule has 0 aromatic rings. The minimum atomic E-state index is -0.338. The number of rotatable bonds is 5. The van der Waals surface area contributed by atoms with Crippen LogP contribution in [0.5, 0.6) is 0 Å². The molecule has 0 radical (unpaired) electrons. The number of nitrogens with one attached hydrogen (secondary N) is 1. The summed E-state index contributed by atoms with van der Waals surface area (Å²) in [7, 11) is 1.87. The van der Waals surface area contributed by atoms with Crippen LogP contribution in [-0.4, -0.2) is 25.3 Å². The molecule has 1 N–H and O–H groups in total. The van der Waals surface area contributed by atoms with Crippen LogP contribution in [0.2, 0.25) is 0 Å². The molecule has 0 aliphatic heterocycles. The molecule has 3 heteroatoms. The van der Waals surface area contributed by atoms with Crippen LogP contribution in [-0.2, 0) is 4.74 Å². The van der Waals surface area contributed by atoms with E-state index < -0.39 is 0 Å². The van der Waals surface area contributed by atoms with E-state index in [1.807, 2.05) is 7.05 Å². The quantitative estimate of drug-likeness (QED) is 0.708. The Bertz CT molecular complexity index is 224. The predicted octanol–water partition coefficient (Wildman–Crippen LogP) is 2.23. The third-order valence-electron chi connectivity index (χ3n) is 3.25. The zero-order valence-corrected chi connectivity index (χ0v) is 9.88. The zero-order chi connectivity index (χ0) is 11.1. The van der Waals surface area contributed by atoms with Gasteiger partial charge in [-0.1, -0.05) is 13.3 Å². The van der Waals surface area contributed by atoms with Crippen LogP contribution in [0.4, 0.5) is 0 Å². The number of hydrogen-bond acceptors (Lipinski definition) is 3. The van der Waals surface area contributed by atoms with E-state index in [9.17, 15) is 0 Å². The van der Waals surface area contributed by atoms with Crippen molar-refractivity contribution in [3.05, 3.63) is 0 Å². The van der Waals surface area contributed by atoms with Crippen molar-refractivity contribution in [3.63, 3.8) is 0 Å². The van der Waals surface area contributed by atoms with Gasteiger partial charge < -0.3 is 10.1 Å². The Morgan fingerprint density at radius 1 is 1.60 bits per heavy atom. The lowest BCUT2D eigenvalue weighted by molar-refractivity contribution is 0.00903. The maximum atomic E-state index is 9.16. The number of nitrogens with zero attached hydrogens (tertiary/aromatic N) is 1. The number of unbranched alkanes of at least 4 members (excludes halogenated alkanes) is 1. The first-order valence-electron chi connectivity index (χ1n) is 5.98. The summed E-state index contributed by atoms with van der Waals surface area (Å²) in [6, 6.07) is 2.40. The Balaban J connectivity index is 2.38. The first kappa shape index (κ1) is 12.5. The Hall–Kier alpha value is -0.590. The molecule has 2 atom stereocenters. The fourth-order valence-corrected chi connectivity index (χ4v) is 2.15. The standard InChI is InChI=1S/C12H22N2O/c1-3-4-8-15-11-6-5-7-12(9-11,10-13)14-2/h11,14H,3-9H2,1-2H3. The molecule has 0 heterocycles. The second-order valence-corrected chi connectivity index (χ2v) is 4.39. The number of ether oxygens (including phenoxy) is 1. The van der Waals surface area contributed by atoms with Crippen LogP contribution in [0.15, 0.2) is 0 Å². The summed E-state index contributed by atoms with van der Waals surface area (Å²) < 4.78 is 5.79. The lowest BCUT2D eigenvalue weighted by Gasteiger charge is -2.35. The molecule has 1 aliphatic rings. The first-order valence-corrected chi connectivity index (χ1v) is 5.98. The minimum Gasteiger partial charge on any atom is -0.378 e. The van der Waals surface area contributed by atoms with E-state index in [1.165, 1.54) is 6.42 Å². The smallest absolute Gasteiger partial charge is 0.109 e. The van der Waals surface area contributed by atoms with Gasteiger partial charge in [-0.2, -0.15) is 5.26 Å². The molecular weight excluding hydrogens is 188 g/mol. The summed E-state index contributed by atoms with van der Waals surface area (Å²) in [6.07, 6.45) is 6.55. The van der Waals surface area contributed by atoms with Crippen molar-refractivity contribution >= 4 is 0 Å². The Morgan fingerprint density at radius 3 is 3.00 bits per heavy atom. The Labute approximate surface area is 92.8 Å². The van der Waals surface area contributed by atoms with Crippen molar-refractivity contribution in [1.29, 1.82) is 5.26 Å². The molecule has 0 bridgehead atoms. The molecule has 15 heavy (non-hydrogen) atoms. The van der Waals surface area contributed by atoms with E-state index in [-0.39, 0.29) is 11.6 Å². The van der Waals surface area contributed by atoms with Gasteiger partial charge in [-0.15, -0.1) is 0 Å². The minimum absolute atomic E-state index is 0.275. The molecule has 0 spiro atoms. The average Bonchev–Trinajstić information content (AvgIpc) is 2.30. The van der Waals surface area contributed by atoms with Gasteiger partial charge in [0, 0.05) is 13.0 Å².